The second-order valence-electron chi connectivity index (χ2n) is 6.39. The van der Waals surface area contributed by atoms with Gasteiger partial charge in [-0.15, -0.1) is 23.1 Å². The maximum atomic E-state index is 12.2. The monoisotopic (exact) mass is 326 g/mol. The second-order valence-corrected chi connectivity index (χ2v) is 8.23. The third kappa shape index (κ3) is 3.75. The zero-order chi connectivity index (χ0) is 15.6. The van der Waals surface area contributed by atoms with Gasteiger partial charge >= 0.3 is 0 Å². The number of thiophene rings is 1. The van der Waals surface area contributed by atoms with Gasteiger partial charge in [0.25, 0.3) is 0 Å². The molecule has 0 bridgehead atoms. The van der Waals surface area contributed by atoms with E-state index in [4.69, 9.17) is 5.73 Å². The molecule has 0 radical (unpaired) electrons. The molecule has 1 heterocycles. The van der Waals surface area contributed by atoms with Crippen molar-refractivity contribution < 1.29 is 4.79 Å². The van der Waals surface area contributed by atoms with Crippen LogP contribution in [0.3, 0.4) is 0 Å². The van der Waals surface area contributed by atoms with Gasteiger partial charge in [-0.1, -0.05) is 27.2 Å². The lowest BCUT2D eigenvalue weighted by Crippen LogP contribution is -2.11. The highest BCUT2D eigenvalue weighted by Crippen LogP contribution is 2.43. The molecule has 1 aliphatic carbocycles. The summed E-state index contributed by atoms with van der Waals surface area (Å²) in [4.78, 5) is 14.0. The van der Waals surface area contributed by atoms with Crippen LogP contribution >= 0.6 is 23.1 Å². The molecule has 0 aromatic carbocycles. The second kappa shape index (κ2) is 7.05. The summed E-state index contributed by atoms with van der Waals surface area (Å²) in [5.74, 6) is 1.74. The zero-order valence-corrected chi connectivity index (χ0v) is 15.0. The standard InChI is InChI=1S/C16H26N2OS2/c1-9(2)13(19)14-12(17)15(20-4)16(21-14)18-8-11-6-5-10(3)7-11/h9-11,18H,5-8,17H2,1-4H3. The van der Waals surface area contributed by atoms with Crippen molar-refractivity contribution in [2.75, 3.05) is 23.9 Å². The maximum Gasteiger partial charge on any atom is 0.177 e. The van der Waals surface area contributed by atoms with Gasteiger partial charge in [0.15, 0.2) is 5.78 Å². The van der Waals surface area contributed by atoms with Crippen molar-refractivity contribution in [1.82, 2.24) is 0 Å². The Bertz CT molecular complexity index is 511. The molecule has 0 spiro atoms. The van der Waals surface area contributed by atoms with E-state index in [1.54, 1.807) is 11.8 Å². The number of Topliss-reactive ketones (excluding diaryl/α,β-unsaturated/α-hetero) is 1. The predicted molar refractivity (Wildman–Crippen MR) is 94.7 cm³/mol. The van der Waals surface area contributed by atoms with E-state index in [-0.39, 0.29) is 11.7 Å². The number of carbonyl (C=O) groups is 1. The van der Waals surface area contributed by atoms with Crippen molar-refractivity contribution in [2.45, 2.75) is 44.9 Å². The summed E-state index contributed by atoms with van der Waals surface area (Å²) in [6, 6.07) is 0. The van der Waals surface area contributed by atoms with Crippen molar-refractivity contribution in [1.29, 1.82) is 0 Å². The number of hydrogen-bond acceptors (Lipinski definition) is 5. The molecule has 118 valence electrons. The van der Waals surface area contributed by atoms with Gasteiger partial charge in [-0.3, -0.25) is 4.79 Å². The van der Waals surface area contributed by atoms with Crippen LogP contribution in [0.15, 0.2) is 4.90 Å². The van der Waals surface area contributed by atoms with Crippen LogP contribution in [0.5, 0.6) is 0 Å². The highest BCUT2D eigenvalue weighted by atomic mass is 32.2. The lowest BCUT2D eigenvalue weighted by Gasteiger charge is -2.12. The van der Waals surface area contributed by atoms with Gasteiger partial charge < -0.3 is 11.1 Å². The molecule has 3 N–H and O–H groups in total. The molecular formula is C16H26N2OS2. The summed E-state index contributed by atoms with van der Waals surface area (Å²) < 4.78 is 0. The van der Waals surface area contributed by atoms with E-state index in [0.717, 1.165) is 33.2 Å². The minimum absolute atomic E-state index is 0.0100. The fourth-order valence-corrected chi connectivity index (χ4v) is 5.07. The van der Waals surface area contributed by atoms with E-state index in [1.165, 1.54) is 30.6 Å². The summed E-state index contributed by atoms with van der Waals surface area (Å²) in [6.45, 7) is 7.17. The number of hydrogen-bond donors (Lipinski definition) is 2. The fourth-order valence-electron chi connectivity index (χ4n) is 2.94. The molecule has 5 heteroatoms. The Morgan fingerprint density at radius 3 is 2.71 bits per heavy atom. The first-order chi connectivity index (χ1) is 9.93. The summed E-state index contributed by atoms with van der Waals surface area (Å²) >= 11 is 3.15. The minimum Gasteiger partial charge on any atom is -0.396 e. The lowest BCUT2D eigenvalue weighted by atomic mass is 10.1. The third-order valence-corrected chi connectivity index (χ3v) is 6.35. The molecule has 1 aliphatic rings. The Hall–Kier alpha value is -0.680. The molecule has 2 atom stereocenters. The number of ketones is 1. The van der Waals surface area contributed by atoms with Gasteiger partial charge in [-0.05, 0) is 30.9 Å². The maximum absolute atomic E-state index is 12.2. The van der Waals surface area contributed by atoms with Crippen LogP contribution in [-0.4, -0.2) is 18.6 Å². The van der Waals surface area contributed by atoms with E-state index in [2.05, 4.69) is 12.2 Å². The molecule has 1 saturated carbocycles. The molecule has 3 nitrogen and oxygen atoms in total. The van der Waals surface area contributed by atoms with E-state index in [0.29, 0.717) is 5.69 Å². The van der Waals surface area contributed by atoms with Crippen molar-refractivity contribution in [3.63, 3.8) is 0 Å². The number of thioether (sulfide) groups is 1. The summed E-state index contributed by atoms with van der Waals surface area (Å²) in [6.07, 6.45) is 5.97. The highest BCUT2D eigenvalue weighted by Gasteiger charge is 2.24. The van der Waals surface area contributed by atoms with Gasteiger partial charge in [-0.2, -0.15) is 0 Å². The van der Waals surface area contributed by atoms with Gasteiger partial charge in [-0.25, -0.2) is 0 Å². The number of nitrogen functional groups attached to an aromatic ring is 1. The molecule has 1 fully saturated rings. The van der Waals surface area contributed by atoms with Crippen LogP contribution in [0.1, 0.15) is 49.7 Å². The summed E-state index contributed by atoms with van der Waals surface area (Å²) in [5, 5.41) is 4.62. The number of nitrogens with two attached hydrogens (primary N) is 1. The lowest BCUT2D eigenvalue weighted by molar-refractivity contribution is 0.0944. The SMILES string of the molecule is CSc1c(NCC2CCC(C)C2)sc(C(=O)C(C)C)c1N. The largest absolute Gasteiger partial charge is 0.396 e. The van der Waals surface area contributed by atoms with Crippen molar-refractivity contribution in [3.8, 4) is 0 Å². The van der Waals surface area contributed by atoms with Crippen LogP contribution < -0.4 is 11.1 Å². The molecule has 0 saturated heterocycles. The average molecular weight is 327 g/mol. The minimum atomic E-state index is -0.0100. The number of rotatable bonds is 6. The molecular weight excluding hydrogens is 300 g/mol. The first kappa shape index (κ1) is 16.7. The van der Waals surface area contributed by atoms with Gasteiger partial charge in [0.1, 0.15) is 5.00 Å². The molecule has 1 aromatic rings. The Kier molecular flexibility index (Phi) is 5.60. The first-order valence-corrected chi connectivity index (χ1v) is 9.72. The average Bonchev–Trinajstić information content (AvgIpc) is 2.99. The smallest absolute Gasteiger partial charge is 0.177 e. The fraction of sp³-hybridized carbons (Fsp3) is 0.688. The van der Waals surface area contributed by atoms with Crippen molar-refractivity contribution in [3.05, 3.63) is 4.88 Å². The molecule has 0 amide bonds. The van der Waals surface area contributed by atoms with Crippen LogP contribution in [0.2, 0.25) is 0 Å². The van der Waals surface area contributed by atoms with Crippen LogP contribution in [-0.2, 0) is 0 Å². The van der Waals surface area contributed by atoms with Gasteiger partial charge in [0, 0.05) is 12.5 Å². The van der Waals surface area contributed by atoms with Crippen molar-refractivity contribution >= 4 is 39.6 Å². The molecule has 0 aliphatic heterocycles. The van der Waals surface area contributed by atoms with Gasteiger partial charge in [0.05, 0.1) is 15.5 Å². The zero-order valence-electron chi connectivity index (χ0n) is 13.4. The Labute approximate surface area is 136 Å². The highest BCUT2D eigenvalue weighted by molar-refractivity contribution is 7.99. The number of carbonyl (C=O) groups excluding carboxylic acids is 1. The number of anilines is 2. The molecule has 2 rings (SSSR count). The Morgan fingerprint density at radius 2 is 2.19 bits per heavy atom. The topological polar surface area (TPSA) is 55.1 Å². The molecule has 21 heavy (non-hydrogen) atoms. The van der Waals surface area contributed by atoms with E-state index < -0.39 is 0 Å². The summed E-state index contributed by atoms with van der Waals surface area (Å²) in [5.41, 5.74) is 6.85. The van der Waals surface area contributed by atoms with Crippen LogP contribution in [0, 0.1) is 17.8 Å². The normalized spacial score (nSPS) is 22.0. The van der Waals surface area contributed by atoms with Crippen molar-refractivity contribution in [2.24, 2.45) is 17.8 Å². The molecule has 1 aromatic heterocycles. The van der Waals surface area contributed by atoms with E-state index in [1.807, 2.05) is 20.1 Å². The first-order valence-electron chi connectivity index (χ1n) is 7.68. The summed E-state index contributed by atoms with van der Waals surface area (Å²) in [7, 11) is 0. The van der Waals surface area contributed by atoms with Gasteiger partial charge in [0.2, 0.25) is 0 Å². The third-order valence-electron chi connectivity index (χ3n) is 4.21. The molecule has 2 unspecified atom stereocenters. The number of nitrogens with one attached hydrogen (secondary N) is 1. The van der Waals surface area contributed by atoms with Crippen LogP contribution in [0.4, 0.5) is 10.7 Å². The Morgan fingerprint density at radius 1 is 1.48 bits per heavy atom. The van der Waals surface area contributed by atoms with E-state index in [9.17, 15) is 4.79 Å². The predicted octanol–water partition coefficient (Wildman–Crippen LogP) is 4.74. The quantitative estimate of drug-likeness (QED) is 0.585. The van der Waals surface area contributed by atoms with E-state index >= 15 is 0 Å². The Balaban J connectivity index is 2.11. The van der Waals surface area contributed by atoms with Crippen LogP contribution in [0.25, 0.3) is 0 Å².